The van der Waals surface area contributed by atoms with Crippen LogP contribution in [0.3, 0.4) is 0 Å². The second kappa shape index (κ2) is 4.45. The van der Waals surface area contributed by atoms with E-state index in [0.717, 1.165) is 24.9 Å². The molecule has 0 heterocycles. The highest BCUT2D eigenvalue weighted by Gasteiger charge is 2.26. The lowest BCUT2D eigenvalue weighted by Crippen LogP contribution is -2.15. The Morgan fingerprint density at radius 2 is 2.20 bits per heavy atom. The molecule has 15 heavy (non-hydrogen) atoms. The Morgan fingerprint density at radius 3 is 2.87 bits per heavy atom. The summed E-state index contributed by atoms with van der Waals surface area (Å²) < 4.78 is 0. The number of anilines is 1. The van der Waals surface area contributed by atoms with Gasteiger partial charge in [-0.1, -0.05) is 6.07 Å². The van der Waals surface area contributed by atoms with Crippen molar-refractivity contribution in [3.63, 3.8) is 0 Å². The van der Waals surface area contributed by atoms with Gasteiger partial charge < -0.3 is 10.8 Å². The summed E-state index contributed by atoms with van der Waals surface area (Å²) in [6.45, 7) is 2.09. The number of thioether (sulfide) groups is 1. The lowest BCUT2D eigenvalue weighted by Gasteiger charge is -2.15. The third-order valence-electron chi connectivity index (χ3n) is 2.91. The predicted octanol–water partition coefficient (Wildman–Crippen LogP) is 2.58. The first-order valence-electron chi connectivity index (χ1n) is 5.37. The first-order chi connectivity index (χ1) is 7.16. The summed E-state index contributed by atoms with van der Waals surface area (Å²) in [4.78, 5) is 1.21. The summed E-state index contributed by atoms with van der Waals surface area (Å²) in [7, 11) is 0. The number of rotatable bonds is 2. The smallest absolute Gasteiger partial charge is 0.0662 e. The van der Waals surface area contributed by atoms with E-state index in [1.807, 2.05) is 18.2 Å². The van der Waals surface area contributed by atoms with Crippen LogP contribution in [0.15, 0.2) is 23.1 Å². The Balaban J connectivity index is 2.12. The van der Waals surface area contributed by atoms with Gasteiger partial charge in [-0.3, -0.25) is 0 Å². The van der Waals surface area contributed by atoms with E-state index in [0.29, 0.717) is 5.25 Å². The Hall–Kier alpha value is -0.670. The summed E-state index contributed by atoms with van der Waals surface area (Å²) in [5, 5.41) is 10.1. The molecule has 2 unspecified atom stereocenters. The van der Waals surface area contributed by atoms with E-state index in [4.69, 9.17) is 5.73 Å². The molecule has 0 aromatic heterocycles. The van der Waals surface area contributed by atoms with Gasteiger partial charge in [0.1, 0.15) is 0 Å². The number of aryl methyl sites for hydroxylation is 1. The molecule has 1 fully saturated rings. The minimum absolute atomic E-state index is 0.143. The molecule has 1 aliphatic carbocycles. The van der Waals surface area contributed by atoms with Crippen LogP contribution in [0.1, 0.15) is 24.8 Å². The summed E-state index contributed by atoms with van der Waals surface area (Å²) in [5.41, 5.74) is 7.81. The minimum Gasteiger partial charge on any atom is -0.399 e. The van der Waals surface area contributed by atoms with E-state index in [-0.39, 0.29) is 6.10 Å². The molecule has 0 saturated heterocycles. The number of aliphatic hydroxyl groups is 1. The van der Waals surface area contributed by atoms with Gasteiger partial charge in [0.05, 0.1) is 6.10 Å². The van der Waals surface area contributed by atoms with Crippen molar-refractivity contribution in [2.24, 2.45) is 0 Å². The zero-order valence-corrected chi connectivity index (χ0v) is 9.76. The van der Waals surface area contributed by atoms with Crippen molar-refractivity contribution < 1.29 is 5.11 Å². The maximum atomic E-state index is 9.76. The molecule has 1 aliphatic rings. The molecule has 3 N–H and O–H groups in total. The molecule has 82 valence electrons. The van der Waals surface area contributed by atoms with Gasteiger partial charge in [-0.05, 0) is 43.9 Å². The maximum Gasteiger partial charge on any atom is 0.0662 e. The van der Waals surface area contributed by atoms with Crippen molar-refractivity contribution in [2.75, 3.05) is 5.73 Å². The minimum atomic E-state index is -0.143. The summed E-state index contributed by atoms with van der Waals surface area (Å²) in [6.07, 6.45) is 3.05. The van der Waals surface area contributed by atoms with E-state index in [9.17, 15) is 5.11 Å². The Kier molecular flexibility index (Phi) is 3.22. The first kappa shape index (κ1) is 10.8. The van der Waals surface area contributed by atoms with Crippen molar-refractivity contribution in [3.8, 4) is 0 Å². The van der Waals surface area contributed by atoms with Crippen LogP contribution in [0.25, 0.3) is 0 Å². The van der Waals surface area contributed by atoms with Crippen LogP contribution in [-0.4, -0.2) is 16.5 Å². The number of nitrogens with two attached hydrogens (primary N) is 1. The van der Waals surface area contributed by atoms with Gasteiger partial charge in [-0.2, -0.15) is 0 Å². The molecular weight excluding hydrogens is 206 g/mol. The van der Waals surface area contributed by atoms with Gasteiger partial charge in [0.2, 0.25) is 0 Å². The van der Waals surface area contributed by atoms with E-state index in [1.54, 1.807) is 11.8 Å². The van der Waals surface area contributed by atoms with Crippen LogP contribution < -0.4 is 5.73 Å². The molecule has 3 heteroatoms. The molecule has 1 aromatic carbocycles. The monoisotopic (exact) mass is 223 g/mol. The summed E-state index contributed by atoms with van der Waals surface area (Å²) >= 11 is 1.77. The predicted molar refractivity (Wildman–Crippen MR) is 65.1 cm³/mol. The number of nitrogen functional groups attached to an aromatic ring is 1. The SMILES string of the molecule is Cc1ccc(N)cc1SC1CCCC1O. The van der Waals surface area contributed by atoms with E-state index < -0.39 is 0 Å². The van der Waals surface area contributed by atoms with Crippen LogP contribution >= 0.6 is 11.8 Å². The number of aliphatic hydroxyl groups excluding tert-OH is 1. The highest BCUT2D eigenvalue weighted by Crippen LogP contribution is 2.37. The van der Waals surface area contributed by atoms with Gasteiger partial charge in [-0.25, -0.2) is 0 Å². The largest absolute Gasteiger partial charge is 0.399 e. The number of hydrogen-bond acceptors (Lipinski definition) is 3. The van der Waals surface area contributed by atoms with Gasteiger partial charge in [0.15, 0.2) is 0 Å². The molecule has 1 aromatic rings. The van der Waals surface area contributed by atoms with E-state index >= 15 is 0 Å². The molecule has 2 nitrogen and oxygen atoms in total. The second-order valence-electron chi connectivity index (χ2n) is 4.18. The van der Waals surface area contributed by atoms with Gasteiger partial charge in [0.25, 0.3) is 0 Å². The first-order valence-corrected chi connectivity index (χ1v) is 6.25. The van der Waals surface area contributed by atoms with Crippen LogP contribution in [-0.2, 0) is 0 Å². The molecule has 0 radical (unpaired) electrons. The van der Waals surface area contributed by atoms with Gasteiger partial charge >= 0.3 is 0 Å². The topological polar surface area (TPSA) is 46.2 Å². The zero-order valence-electron chi connectivity index (χ0n) is 8.94. The standard InChI is InChI=1S/C12H17NOS/c1-8-5-6-9(13)7-12(8)15-11-4-2-3-10(11)14/h5-7,10-11,14H,2-4,13H2,1H3. The average molecular weight is 223 g/mol. The maximum absolute atomic E-state index is 9.76. The molecule has 2 rings (SSSR count). The van der Waals surface area contributed by atoms with Crippen LogP contribution in [0.4, 0.5) is 5.69 Å². The fourth-order valence-corrected chi connectivity index (χ4v) is 3.31. The molecule has 0 bridgehead atoms. The van der Waals surface area contributed by atoms with Gasteiger partial charge in [0, 0.05) is 15.8 Å². The van der Waals surface area contributed by atoms with Crippen molar-refractivity contribution in [2.45, 2.75) is 42.4 Å². The number of hydrogen-bond donors (Lipinski definition) is 2. The molecule has 0 amide bonds. The summed E-state index contributed by atoms with van der Waals surface area (Å²) in [6, 6.07) is 5.97. The molecule has 1 saturated carbocycles. The quantitative estimate of drug-likeness (QED) is 0.758. The Morgan fingerprint density at radius 1 is 1.40 bits per heavy atom. The van der Waals surface area contributed by atoms with Crippen LogP contribution in [0.2, 0.25) is 0 Å². The highest BCUT2D eigenvalue weighted by atomic mass is 32.2. The second-order valence-corrected chi connectivity index (χ2v) is 5.46. The lowest BCUT2D eigenvalue weighted by molar-refractivity contribution is 0.188. The van der Waals surface area contributed by atoms with Crippen LogP contribution in [0.5, 0.6) is 0 Å². The average Bonchev–Trinajstić information content (AvgIpc) is 2.58. The third kappa shape index (κ3) is 2.47. The molecule has 2 atom stereocenters. The highest BCUT2D eigenvalue weighted by molar-refractivity contribution is 8.00. The fourth-order valence-electron chi connectivity index (χ4n) is 1.95. The molecule has 0 aliphatic heterocycles. The van der Waals surface area contributed by atoms with E-state index in [2.05, 4.69) is 6.92 Å². The van der Waals surface area contributed by atoms with Crippen molar-refractivity contribution in [1.29, 1.82) is 0 Å². The number of benzene rings is 1. The Bertz CT molecular complexity index is 353. The van der Waals surface area contributed by atoms with Gasteiger partial charge in [-0.15, -0.1) is 11.8 Å². The van der Waals surface area contributed by atoms with Crippen molar-refractivity contribution in [3.05, 3.63) is 23.8 Å². The van der Waals surface area contributed by atoms with Crippen molar-refractivity contribution in [1.82, 2.24) is 0 Å². The molecule has 0 spiro atoms. The Labute approximate surface area is 94.9 Å². The molecular formula is C12H17NOS. The third-order valence-corrected chi connectivity index (χ3v) is 4.45. The lowest BCUT2D eigenvalue weighted by atomic mass is 10.2. The zero-order chi connectivity index (χ0) is 10.8. The van der Waals surface area contributed by atoms with Crippen molar-refractivity contribution >= 4 is 17.4 Å². The normalized spacial score (nSPS) is 25.7. The van der Waals surface area contributed by atoms with Crippen LogP contribution in [0, 0.1) is 6.92 Å². The fraction of sp³-hybridized carbons (Fsp3) is 0.500. The summed E-state index contributed by atoms with van der Waals surface area (Å²) in [5.74, 6) is 0. The van der Waals surface area contributed by atoms with E-state index in [1.165, 1.54) is 10.5 Å².